The highest BCUT2D eigenvalue weighted by molar-refractivity contribution is 6.19. The van der Waals surface area contributed by atoms with Crippen molar-refractivity contribution in [2.75, 3.05) is 7.11 Å². The number of methoxy groups -OCH3 is 1. The highest BCUT2D eigenvalue weighted by Gasteiger charge is 2.09. The van der Waals surface area contributed by atoms with Gasteiger partial charge in [-0.1, -0.05) is 12.1 Å². The molecule has 19 heavy (non-hydrogen) atoms. The summed E-state index contributed by atoms with van der Waals surface area (Å²) in [5, 5.41) is 2.88. The maximum absolute atomic E-state index is 11.5. The molecule has 0 aliphatic carbocycles. The largest absolute Gasteiger partial charge is 0.497 e. The van der Waals surface area contributed by atoms with Crippen LogP contribution in [0.1, 0.15) is 5.56 Å². The first kappa shape index (κ1) is 12.1. The fraction of sp³-hybridized carbons (Fsp3) is 0.133. The lowest BCUT2D eigenvalue weighted by atomic mass is 10.0. The fourth-order valence-electron chi connectivity index (χ4n) is 2.28. The minimum atomic E-state index is -0.384. The second-order valence-electron chi connectivity index (χ2n) is 4.25. The Hall–Kier alpha value is -2.00. The third-order valence-corrected chi connectivity index (χ3v) is 3.45. The Kier molecular flexibility index (Phi) is 2.91. The molecular weight excluding hydrogens is 264 g/mol. The topological polar surface area (TPSA) is 39.4 Å². The van der Waals surface area contributed by atoms with E-state index in [0.29, 0.717) is 5.58 Å². The van der Waals surface area contributed by atoms with Gasteiger partial charge in [-0.15, -0.1) is 11.6 Å². The SMILES string of the molecule is COc1ccc2ccc3oc(=O)cc(CCl)c3c2c1. The minimum absolute atomic E-state index is 0.262. The van der Waals surface area contributed by atoms with Crippen molar-refractivity contribution in [1.29, 1.82) is 0 Å². The van der Waals surface area contributed by atoms with Gasteiger partial charge >= 0.3 is 5.63 Å². The molecule has 0 fully saturated rings. The van der Waals surface area contributed by atoms with E-state index in [4.69, 9.17) is 20.8 Å². The van der Waals surface area contributed by atoms with E-state index >= 15 is 0 Å². The maximum atomic E-state index is 11.5. The summed E-state index contributed by atoms with van der Waals surface area (Å²) < 4.78 is 10.5. The molecule has 1 aromatic heterocycles. The summed E-state index contributed by atoms with van der Waals surface area (Å²) in [6.07, 6.45) is 0. The van der Waals surface area contributed by atoms with Gasteiger partial charge in [-0.05, 0) is 34.5 Å². The van der Waals surface area contributed by atoms with Gasteiger partial charge < -0.3 is 9.15 Å². The number of hydrogen-bond acceptors (Lipinski definition) is 3. The third kappa shape index (κ3) is 1.96. The number of fused-ring (bicyclic) bond motifs is 3. The molecule has 0 N–H and O–H groups in total. The molecule has 0 amide bonds. The zero-order chi connectivity index (χ0) is 13.4. The zero-order valence-electron chi connectivity index (χ0n) is 10.3. The van der Waals surface area contributed by atoms with Crippen LogP contribution in [0.5, 0.6) is 5.75 Å². The second-order valence-corrected chi connectivity index (χ2v) is 4.52. The lowest BCUT2D eigenvalue weighted by molar-refractivity contribution is 0.415. The molecule has 2 aromatic carbocycles. The van der Waals surface area contributed by atoms with Gasteiger partial charge in [-0.25, -0.2) is 4.79 Å². The molecule has 0 aliphatic heterocycles. The molecule has 3 nitrogen and oxygen atoms in total. The van der Waals surface area contributed by atoms with Gasteiger partial charge in [0.2, 0.25) is 0 Å². The maximum Gasteiger partial charge on any atom is 0.336 e. The summed E-state index contributed by atoms with van der Waals surface area (Å²) in [4.78, 5) is 11.5. The van der Waals surface area contributed by atoms with Gasteiger partial charge in [0.25, 0.3) is 0 Å². The summed E-state index contributed by atoms with van der Waals surface area (Å²) in [6, 6.07) is 10.9. The quantitative estimate of drug-likeness (QED) is 0.406. The number of halogens is 1. The van der Waals surface area contributed by atoms with Crippen molar-refractivity contribution in [3.8, 4) is 5.75 Å². The standard InChI is InChI=1S/C15H11ClO3/c1-18-11-4-2-9-3-5-13-15(12(9)7-11)10(8-16)6-14(17)19-13/h2-7H,8H2,1H3. The van der Waals surface area contributed by atoms with Crippen LogP contribution in [0.15, 0.2) is 45.6 Å². The van der Waals surface area contributed by atoms with E-state index < -0.39 is 0 Å². The number of ether oxygens (including phenoxy) is 1. The van der Waals surface area contributed by atoms with Crippen molar-refractivity contribution < 1.29 is 9.15 Å². The van der Waals surface area contributed by atoms with E-state index in [-0.39, 0.29) is 11.5 Å². The van der Waals surface area contributed by atoms with Crippen molar-refractivity contribution >= 4 is 33.3 Å². The van der Waals surface area contributed by atoms with Gasteiger partial charge in [0.15, 0.2) is 0 Å². The van der Waals surface area contributed by atoms with Crippen LogP contribution in [0.3, 0.4) is 0 Å². The van der Waals surface area contributed by atoms with Crippen molar-refractivity contribution in [3.63, 3.8) is 0 Å². The molecule has 0 spiro atoms. The van der Waals surface area contributed by atoms with Gasteiger partial charge in [-0.2, -0.15) is 0 Å². The van der Waals surface area contributed by atoms with Gasteiger partial charge in [0.1, 0.15) is 11.3 Å². The van der Waals surface area contributed by atoms with Crippen LogP contribution in [-0.4, -0.2) is 7.11 Å². The normalized spacial score (nSPS) is 11.1. The number of benzene rings is 2. The molecular formula is C15H11ClO3. The Morgan fingerprint density at radius 2 is 2.00 bits per heavy atom. The van der Waals surface area contributed by atoms with E-state index in [1.807, 2.05) is 24.3 Å². The second kappa shape index (κ2) is 4.59. The van der Waals surface area contributed by atoms with Crippen LogP contribution in [0.2, 0.25) is 0 Å². The van der Waals surface area contributed by atoms with E-state index in [1.54, 1.807) is 13.2 Å². The smallest absolute Gasteiger partial charge is 0.336 e. The van der Waals surface area contributed by atoms with Crippen LogP contribution in [0.4, 0.5) is 0 Å². The molecule has 3 rings (SSSR count). The molecule has 1 heterocycles. The van der Waals surface area contributed by atoms with E-state index in [2.05, 4.69) is 0 Å². The van der Waals surface area contributed by atoms with Crippen molar-refractivity contribution in [2.24, 2.45) is 0 Å². The Labute approximate surface area is 114 Å². The summed E-state index contributed by atoms with van der Waals surface area (Å²) in [5.41, 5.74) is 0.932. The molecule has 0 atom stereocenters. The Balaban J connectivity index is 2.53. The van der Waals surface area contributed by atoms with Crippen LogP contribution in [0, 0.1) is 0 Å². The van der Waals surface area contributed by atoms with Crippen molar-refractivity contribution in [1.82, 2.24) is 0 Å². The Morgan fingerprint density at radius 3 is 2.74 bits per heavy atom. The lowest BCUT2D eigenvalue weighted by Crippen LogP contribution is -1.99. The molecule has 0 aliphatic rings. The molecule has 0 unspecified atom stereocenters. The Morgan fingerprint density at radius 1 is 1.21 bits per heavy atom. The molecule has 0 saturated heterocycles. The molecule has 0 radical (unpaired) electrons. The van der Waals surface area contributed by atoms with Gasteiger partial charge in [0.05, 0.1) is 7.11 Å². The van der Waals surface area contributed by atoms with Crippen molar-refractivity contribution in [3.05, 3.63) is 52.4 Å². The van der Waals surface area contributed by atoms with Gasteiger partial charge in [-0.3, -0.25) is 0 Å². The summed E-state index contributed by atoms with van der Waals surface area (Å²) in [6.45, 7) is 0. The van der Waals surface area contributed by atoms with Crippen LogP contribution in [-0.2, 0) is 5.88 Å². The first-order valence-corrected chi connectivity index (χ1v) is 6.36. The third-order valence-electron chi connectivity index (χ3n) is 3.16. The van der Waals surface area contributed by atoms with Crippen molar-refractivity contribution in [2.45, 2.75) is 5.88 Å². The predicted molar refractivity (Wildman–Crippen MR) is 76.1 cm³/mol. The monoisotopic (exact) mass is 274 g/mol. The number of alkyl halides is 1. The lowest BCUT2D eigenvalue weighted by Gasteiger charge is -2.08. The van der Waals surface area contributed by atoms with E-state index in [0.717, 1.165) is 27.5 Å². The fourth-order valence-corrected chi connectivity index (χ4v) is 2.49. The minimum Gasteiger partial charge on any atom is -0.497 e. The van der Waals surface area contributed by atoms with Crippen LogP contribution in [0.25, 0.3) is 21.7 Å². The van der Waals surface area contributed by atoms with E-state index in [1.165, 1.54) is 6.07 Å². The molecule has 4 heteroatoms. The first-order valence-electron chi connectivity index (χ1n) is 5.82. The first-order chi connectivity index (χ1) is 9.22. The highest BCUT2D eigenvalue weighted by atomic mass is 35.5. The summed E-state index contributed by atoms with van der Waals surface area (Å²) >= 11 is 5.94. The Bertz CT molecular complexity index is 821. The molecule has 3 aromatic rings. The highest BCUT2D eigenvalue weighted by Crippen LogP contribution is 2.30. The molecule has 0 bridgehead atoms. The summed E-state index contributed by atoms with van der Waals surface area (Å²) in [5.74, 6) is 1.02. The van der Waals surface area contributed by atoms with Crippen LogP contribution >= 0.6 is 11.6 Å². The molecule has 96 valence electrons. The van der Waals surface area contributed by atoms with Gasteiger partial charge in [0, 0.05) is 17.3 Å². The average molecular weight is 275 g/mol. The summed E-state index contributed by atoms with van der Waals surface area (Å²) in [7, 11) is 1.62. The molecule has 0 saturated carbocycles. The predicted octanol–water partition coefficient (Wildman–Crippen LogP) is 3.69. The zero-order valence-corrected chi connectivity index (χ0v) is 11.0. The number of hydrogen-bond donors (Lipinski definition) is 0. The van der Waals surface area contributed by atoms with E-state index in [9.17, 15) is 4.79 Å². The average Bonchev–Trinajstić information content (AvgIpc) is 2.45. The number of rotatable bonds is 2. The van der Waals surface area contributed by atoms with Crippen LogP contribution < -0.4 is 10.4 Å².